The minimum Gasteiger partial charge on any atom is -0.395 e. The van der Waals surface area contributed by atoms with Crippen LogP contribution in [-0.2, 0) is 6.61 Å². The summed E-state index contributed by atoms with van der Waals surface area (Å²) in [7, 11) is 0. The van der Waals surface area contributed by atoms with Gasteiger partial charge in [0.15, 0.2) is 0 Å². The number of rotatable bonds is 6. The first-order valence-electron chi connectivity index (χ1n) is 6.65. The normalized spacial score (nSPS) is 10.9. The molecule has 0 aliphatic rings. The van der Waals surface area contributed by atoms with Crippen molar-refractivity contribution in [2.75, 3.05) is 24.6 Å². The molecule has 0 fully saturated rings. The third kappa shape index (κ3) is 3.03. The summed E-state index contributed by atoms with van der Waals surface area (Å²) >= 11 is 0. The number of para-hydroxylation sites is 1. The standard InChI is InChI=1S/C15H20N2O2/c1-2-7-17(8-9-18)15-10-12(11-19)13-5-3-4-6-14(13)16-15/h3-6,10,18-19H,2,7-9,11H2,1H3. The second-order valence-corrected chi connectivity index (χ2v) is 4.53. The van der Waals surface area contributed by atoms with Crippen molar-refractivity contribution in [1.29, 1.82) is 0 Å². The van der Waals surface area contributed by atoms with Gasteiger partial charge >= 0.3 is 0 Å². The highest BCUT2D eigenvalue weighted by Crippen LogP contribution is 2.23. The number of hydrogen-bond donors (Lipinski definition) is 2. The van der Waals surface area contributed by atoms with Gasteiger partial charge in [0.25, 0.3) is 0 Å². The highest BCUT2D eigenvalue weighted by atomic mass is 16.3. The van der Waals surface area contributed by atoms with Crippen molar-refractivity contribution in [3.8, 4) is 0 Å². The number of aromatic nitrogens is 1. The van der Waals surface area contributed by atoms with Gasteiger partial charge in [-0.3, -0.25) is 0 Å². The highest BCUT2D eigenvalue weighted by molar-refractivity contribution is 5.84. The zero-order chi connectivity index (χ0) is 13.7. The maximum absolute atomic E-state index is 9.51. The molecule has 0 aliphatic carbocycles. The van der Waals surface area contributed by atoms with Crippen LogP contribution in [0.25, 0.3) is 10.9 Å². The third-order valence-corrected chi connectivity index (χ3v) is 3.15. The summed E-state index contributed by atoms with van der Waals surface area (Å²) in [6.45, 7) is 3.59. The van der Waals surface area contributed by atoms with Crippen LogP contribution < -0.4 is 4.90 Å². The number of anilines is 1. The Hall–Kier alpha value is -1.65. The van der Waals surface area contributed by atoms with Crippen LogP contribution in [0.5, 0.6) is 0 Å². The van der Waals surface area contributed by atoms with Crippen LogP contribution in [0.1, 0.15) is 18.9 Å². The van der Waals surface area contributed by atoms with Gasteiger partial charge in [-0.2, -0.15) is 0 Å². The van der Waals surface area contributed by atoms with Crippen LogP contribution in [-0.4, -0.2) is 34.9 Å². The van der Waals surface area contributed by atoms with E-state index in [0.717, 1.165) is 35.2 Å². The molecule has 2 aromatic rings. The van der Waals surface area contributed by atoms with Gasteiger partial charge in [0.1, 0.15) is 5.82 Å². The Bertz CT molecular complexity index is 537. The number of benzene rings is 1. The largest absolute Gasteiger partial charge is 0.395 e. The molecule has 1 aromatic heterocycles. The van der Waals surface area contributed by atoms with Gasteiger partial charge in [-0.15, -0.1) is 0 Å². The predicted molar refractivity (Wildman–Crippen MR) is 77.3 cm³/mol. The summed E-state index contributed by atoms with van der Waals surface area (Å²) in [5.41, 5.74) is 1.75. The number of pyridine rings is 1. The van der Waals surface area contributed by atoms with Crippen LogP contribution >= 0.6 is 0 Å². The van der Waals surface area contributed by atoms with Crippen molar-refractivity contribution in [2.45, 2.75) is 20.0 Å². The summed E-state index contributed by atoms with van der Waals surface area (Å²) in [6.07, 6.45) is 0.989. The Kier molecular flexibility index (Phi) is 4.71. The van der Waals surface area contributed by atoms with E-state index in [-0.39, 0.29) is 13.2 Å². The molecule has 0 spiro atoms. The van der Waals surface area contributed by atoms with Crippen molar-refractivity contribution >= 4 is 16.7 Å². The molecule has 2 rings (SSSR count). The van der Waals surface area contributed by atoms with Crippen LogP contribution in [0.15, 0.2) is 30.3 Å². The molecule has 0 atom stereocenters. The van der Waals surface area contributed by atoms with E-state index in [0.29, 0.717) is 6.54 Å². The summed E-state index contributed by atoms with van der Waals surface area (Å²) in [5.74, 6) is 0.818. The molecule has 1 aromatic carbocycles. The van der Waals surface area contributed by atoms with E-state index in [1.165, 1.54) is 0 Å². The third-order valence-electron chi connectivity index (χ3n) is 3.15. The first-order valence-corrected chi connectivity index (χ1v) is 6.65. The Morgan fingerprint density at radius 3 is 2.63 bits per heavy atom. The molecule has 102 valence electrons. The summed E-state index contributed by atoms with van der Waals surface area (Å²) in [5, 5.41) is 19.6. The number of aliphatic hydroxyl groups excluding tert-OH is 2. The lowest BCUT2D eigenvalue weighted by Gasteiger charge is -2.23. The highest BCUT2D eigenvalue weighted by Gasteiger charge is 2.10. The molecular formula is C15H20N2O2. The average molecular weight is 260 g/mol. The number of fused-ring (bicyclic) bond motifs is 1. The van der Waals surface area contributed by atoms with E-state index in [9.17, 15) is 5.11 Å². The lowest BCUT2D eigenvalue weighted by Crippen LogP contribution is -2.28. The topological polar surface area (TPSA) is 56.6 Å². The van der Waals surface area contributed by atoms with Gasteiger partial charge in [-0.25, -0.2) is 4.98 Å². The fraction of sp³-hybridized carbons (Fsp3) is 0.400. The minimum atomic E-state index is -0.00484. The van der Waals surface area contributed by atoms with Crippen molar-refractivity contribution in [3.05, 3.63) is 35.9 Å². The maximum Gasteiger partial charge on any atom is 0.129 e. The lowest BCUT2D eigenvalue weighted by atomic mass is 10.1. The Labute approximate surface area is 113 Å². The fourth-order valence-electron chi connectivity index (χ4n) is 2.26. The van der Waals surface area contributed by atoms with E-state index in [4.69, 9.17) is 5.11 Å². The van der Waals surface area contributed by atoms with Gasteiger partial charge in [0, 0.05) is 18.5 Å². The predicted octanol–water partition coefficient (Wildman–Crippen LogP) is 1.94. The zero-order valence-electron chi connectivity index (χ0n) is 11.2. The van der Waals surface area contributed by atoms with Gasteiger partial charge in [0.2, 0.25) is 0 Å². The van der Waals surface area contributed by atoms with Crippen molar-refractivity contribution in [2.24, 2.45) is 0 Å². The number of nitrogens with zero attached hydrogens (tertiary/aromatic N) is 2. The summed E-state index contributed by atoms with van der Waals surface area (Å²) in [4.78, 5) is 6.67. The molecule has 1 heterocycles. The molecule has 0 saturated heterocycles. The monoisotopic (exact) mass is 260 g/mol. The van der Waals surface area contributed by atoms with Crippen LogP contribution in [0.3, 0.4) is 0 Å². The summed E-state index contributed by atoms with van der Waals surface area (Å²) in [6, 6.07) is 9.71. The molecule has 19 heavy (non-hydrogen) atoms. The van der Waals surface area contributed by atoms with Gasteiger partial charge < -0.3 is 15.1 Å². The molecule has 0 unspecified atom stereocenters. The Morgan fingerprint density at radius 1 is 1.16 bits per heavy atom. The van der Waals surface area contributed by atoms with Gasteiger partial charge in [-0.05, 0) is 24.1 Å². The van der Waals surface area contributed by atoms with Gasteiger partial charge in [0.05, 0.1) is 18.7 Å². The molecule has 0 saturated carbocycles. The molecular weight excluding hydrogens is 240 g/mol. The lowest BCUT2D eigenvalue weighted by molar-refractivity contribution is 0.283. The molecule has 0 bridgehead atoms. The quantitative estimate of drug-likeness (QED) is 0.833. The molecule has 4 heteroatoms. The molecule has 0 aliphatic heterocycles. The van der Waals surface area contributed by atoms with Crippen LogP contribution in [0.2, 0.25) is 0 Å². The smallest absolute Gasteiger partial charge is 0.129 e. The van der Waals surface area contributed by atoms with E-state index in [2.05, 4.69) is 11.9 Å². The second kappa shape index (κ2) is 6.50. The van der Waals surface area contributed by atoms with E-state index in [1.54, 1.807) is 0 Å². The van der Waals surface area contributed by atoms with E-state index >= 15 is 0 Å². The van der Waals surface area contributed by atoms with Crippen LogP contribution in [0, 0.1) is 0 Å². The van der Waals surface area contributed by atoms with Gasteiger partial charge in [-0.1, -0.05) is 25.1 Å². The Balaban J connectivity index is 2.47. The van der Waals surface area contributed by atoms with Crippen LogP contribution in [0.4, 0.5) is 5.82 Å². The van der Waals surface area contributed by atoms with E-state index in [1.807, 2.05) is 35.2 Å². The van der Waals surface area contributed by atoms with E-state index < -0.39 is 0 Å². The maximum atomic E-state index is 9.51. The first-order chi connectivity index (χ1) is 9.30. The molecule has 2 N–H and O–H groups in total. The number of hydrogen-bond acceptors (Lipinski definition) is 4. The SMILES string of the molecule is CCCN(CCO)c1cc(CO)c2ccccc2n1. The molecule has 4 nitrogen and oxygen atoms in total. The number of aliphatic hydroxyl groups is 2. The van der Waals surface area contributed by atoms with Crippen molar-refractivity contribution < 1.29 is 10.2 Å². The molecule has 0 radical (unpaired) electrons. The molecule has 0 amide bonds. The Morgan fingerprint density at radius 2 is 1.95 bits per heavy atom. The minimum absolute atomic E-state index is 0.00484. The zero-order valence-corrected chi connectivity index (χ0v) is 11.2. The van der Waals surface area contributed by atoms with Crippen molar-refractivity contribution in [3.63, 3.8) is 0 Å². The van der Waals surface area contributed by atoms with Crippen molar-refractivity contribution in [1.82, 2.24) is 4.98 Å². The first kappa shape index (κ1) is 13.8. The fourth-order valence-corrected chi connectivity index (χ4v) is 2.26. The summed E-state index contributed by atoms with van der Waals surface area (Å²) < 4.78 is 0. The average Bonchev–Trinajstić information content (AvgIpc) is 2.46. The second-order valence-electron chi connectivity index (χ2n) is 4.53.